The Kier molecular flexibility index (Phi) is 3.56. The number of hydrogen-bond donors (Lipinski definition) is 1. The number of aromatic amines is 1. The van der Waals surface area contributed by atoms with Gasteiger partial charge in [0.15, 0.2) is 5.88 Å². The second-order valence-corrected chi connectivity index (χ2v) is 4.04. The molecule has 0 bridgehead atoms. The van der Waals surface area contributed by atoms with Crippen molar-refractivity contribution in [1.82, 2.24) is 4.98 Å². The molecule has 1 aromatic rings. The minimum Gasteiger partial charge on any atom is -0.482 e. The molecule has 1 rings (SSSR count). The minimum atomic E-state index is -0.0418. The first kappa shape index (κ1) is 11.8. The molecule has 0 amide bonds. The summed E-state index contributed by atoms with van der Waals surface area (Å²) >= 11 is 0. The van der Waals surface area contributed by atoms with Crippen LogP contribution in [0.5, 0.6) is 5.88 Å². The maximum atomic E-state index is 11.8. The normalized spacial score (nSPS) is 11.5. The van der Waals surface area contributed by atoms with Crippen LogP contribution < -0.4 is 10.3 Å². The average Bonchev–Trinajstić information content (AvgIpc) is 2.27. The van der Waals surface area contributed by atoms with Crippen molar-refractivity contribution >= 4 is 0 Å². The fourth-order valence-electron chi connectivity index (χ4n) is 1.68. The van der Waals surface area contributed by atoms with Crippen molar-refractivity contribution in [3.63, 3.8) is 0 Å². The van der Waals surface area contributed by atoms with Crippen molar-refractivity contribution in [3.8, 4) is 5.88 Å². The van der Waals surface area contributed by atoms with Gasteiger partial charge in [0.25, 0.3) is 5.56 Å². The zero-order valence-corrected chi connectivity index (χ0v) is 9.89. The zero-order chi connectivity index (χ0) is 11.5. The Morgan fingerprint density at radius 2 is 1.93 bits per heavy atom. The number of hydrogen-bond acceptors (Lipinski definition) is 2. The third-order valence-electron chi connectivity index (χ3n) is 3.31. The molecule has 0 atom stereocenters. The van der Waals surface area contributed by atoms with Gasteiger partial charge in [0, 0.05) is 5.56 Å². The SMILES string of the molecule is CCC(C)(CC)c1ccc(OC)[nH]c1=O. The number of nitrogens with one attached hydrogen (secondary N) is 1. The standard InChI is InChI=1S/C12H19NO2/c1-5-12(3,6-2)9-7-8-10(15-4)13-11(9)14/h7-8H,5-6H2,1-4H3,(H,13,14). The second kappa shape index (κ2) is 4.51. The van der Waals surface area contributed by atoms with E-state index in [1.165, 1.54) is 0 Å². The summed E-state index contributed by atoms with van der Waals surface area (Å²) < 4.78 is 4.97. The summed E-state index contributed by atoms with van der Waals surface area (Å²) in [5, 5.41) is 0. The number of rotatable bonds is 4. The van der Waals surface area contributed by atoms with Crippen LogP contribution in [0, 0.1) is 0 Å². The molecule has 1 heterocycles. The van der Waals surface area contributed by atoms with Gasteiger partial charge in [-0.1, -0.05) is 20.8 Å². The molecule has 3 heteroatoms. The van der Waals surface area contributed by atoms with Crippen molar-refractivity contribution in [1.29, 1.82) is 0 Å². The second-order valence-electron chi connectivity index (χ2n) is 4.04. The minimum absolute atomic E-state index is 0.0412. The van der Waals surface area contributed by atoms with E-state index >= 15 is 0 Å². The number of pyridine rings is 1. The maximum absolute atomic E-state index is 11.8. The quantitative estimate of drug-likeness (QED) is 0.827. The van der Waals surface area contributed by atoms with Crippen LogP contribution in [0.25, 0.3) is 0 Å². The molecule has 84 valence electrons. The van der Waals surface area contributed by atoms with Gasteiger partial charge in [0.1, 0.15) is 0 Å². The van der Waals surface area contributed by atoms with Crippen LogP contribution in [0.4, 0.5) is 0 Å². The molecule has 0 aliphatic heterocycles. The summed E-state index contributed by atoms with van der Waals surface area (Å²) in [5.74, 6) is 0.512. The van der Waals surface area contributed by atoms with Gasteiger partial charge in [0.2, 0.25) is 0 Å². The van der Waals surface area contributed by atoms with Gasteiger partial charge >= 0.3 is 0 Å². The van der Waals surface area contributed by atoms with Gasteiger partial charge in [-0.15, -0.1) is 0 Å². The van der Waals surface area contributed by atoms with E-state index in [2.05, 4.69) is 25.8 Å². The van der Waals surface area contributed by atoms with Gasteiger partial charge in [0.05, 0.1) is 7.11 Å². The topological polar surface area (TPSA) is 42.1 Å². The Labute approximate surface area is 90.5 Å². The van der Waals surface area contributed by atoms with Crippen molar-refractivity contribution in [3.05, 3.63) is 28.0 Å². The van der Waals surface area contributed by atoms with E-state index in [0.717, 1.165) is 18.4 Å². The van der Waals surface area contributed by atoms with Gasteiger partial charge in [-0.25, -0.2) is 0 Å². The lowest BCUT2D eigenvalue weighted by molar-refractivity contribution is 0.391. The van der Waals surface area contributed by atoms with E-state index in [1.54, 1.807) is 13.2 Å². The summed E-state index contributed by atoms with van der Waals surface area (Å²) in [5.41, 5.74) is 0.758. The predicted octanol–water partition coefficient (Wildman–Crippen LogP) is 2.46. The van der Waals surface area contributed by atoms with Crippen molar-refractivity contribution < 1.29 is 4.74 Å². The first-order chi connectivity index (χ1) is 7.07. The van der Waals surface area contributed by atoms with Crippen LogP contribution >= 0.6 is 0 Å². The Hall–Kier alpha value is -1.25. The molecule has 0 aromatic carbocycles. The lowest BCUT2D eigenvalue weighted by Gasteiger charge is -2.26. The molecule has 0 aliphatic rings. The van der Waals surface area contributed by atoms with Gasteiger partial charge in [-0.05, 0) is 30.4 Å². The third-order valence-corrected chi connectivity index (χ3v) is 3.31. The molecule has 0 saturated heterocycles. The monoisotopic (exact) mass is 209 g/mol. The van der Waals surface area contributed by atoms with E-state index < -0.39 is 0 Å². The molecule has 0 fully saturated rings. The first-order valence-electron chi connectivity index (χ1n) is 5.35. The van der Waals surface area contributed by atoms with Crippen LogP contribution in [0.2, 0.25) is 0 Å². The Morgan fingerprint density at radius 3 is 2.33 bits per heavy atom. The number of methoxy groups -OCH3 is 1. The molecule has 0 radical (unpaired) electrons. The molecule has 1 N–H and O–H groups in total. The fraction of sp³-hybridized carbons (Fsp3) is 0.583. The molecular weight excluding hydrogens is 190 g/mol. The Morgan fingerprint density at radius 1 is 1.33 bits per heavy atom. The van der Waals surface area contributed by atoms with E-state index in [4.69, 9.17) is 4.74 Å². The smallest absolute Gasteiger partial charge is 0.254 e. The van der Waals surface area contributed by atoms with Crippen LogP contribution in [-0.4, -0.2) is 12.1 Å². The van der Waals surface area contributed by atoms with Crippen LogP contribution in [0.1, 0.15) is 39.2 Å². The molecule has 0 aliphatic carbocycles. The number of H-pyrrole nitrogens is 1. The van der Waals surface area contributed by atoms with Gasteiger partial charge < -0.3 is 4.74 Å². The summed E-state index contributed by atoms with van der Waals surface area (Å²) in [4.78, 5) is 14.5. The highest BCUT2D eigenvalue weighted by atomic mass is 16.5. The average molecular weight is 209 g/mol. The molecule has 0 unspecified atom stereocenters. The Bertz CT molecular complexity index is 377. The van der Waals surface area contributed by atoms with Crippen LogP contribution in [0.3, 0.4) is 0 Å². The van der Waals surface area contributed by atoms with E-state index in [1.807, 2.05) is 6.07 Å². The summed E-state index contributed by atoms with van der Waals surface area (Å²) in [6, 6.07) is 3.67. The van der Waals surface area contributed by atoms with Gasteiger partial charge in [-0.2, -0.15) is 0 Å². The van der Waals surface area contributed by atoms with E-state index in [9.17, 15) is 4.79 Å². The molecule has 1 aromatic heterocycles. The predicted molar refractivity (Wildman–Crippen MR) is 61.5 cm³/mol. The molecule has 0 saturated carbocycles. The Balaban J connectivity index is 3.21. The highest BCUT2D eigenvalue weighted by Gasteiger charge is 2.25. The summed E-state index contributed by atoms with van der Waals surface area (Å²) in [6.45, 7) is 6.32. The van der Waals surface area contributed by atoms with Crippen molar-refractivity contribution in [2.24, 2.45) is 0 Å². The molecule has 0 spiro atoms. The van der Waals surface area contributed by atoms with Crippen molar-refractivity contribution in [2.45, 2.75) is 39.0 Å². The highest BCUT2D eigenvalue weighted by molar-refractivity contribution is 5.25. The van der Waals surface area contributed by atoms with Crippen LogP contribution in [-0.2, 0) is 5.41 Å². The summed E-state index contributed by atoms with van der Waals surface area (Å²) in [7, 11) is 1.55. The number of ether oxygens (including phenoxy) is 1. The molecular formula is C12H19NO2. The zero-order valence-electron chi connectivity index (χ0n) is 9.89. The lowest BCUT2D eigenvalue weighted by Crippen LogP contribution is -2.28. The van der Waals surface area contributed by atoms with Crippen LogP contribution in [0.15, 0.2) is 16.9 Å². The molecule has 15 heavy (non-hydrogen) atoms. The molecule has 3 nitrogen and oxygen atoms in total. The third kappa shape index (κ3) is 2.22. The number of aromatic nitrogens is 1. The lowest BCUT2D eigenvalue weighted by atomic mass is 9.78. The van der Waals surface area contributed by atoms with E-state index in [-0.39, 0.29) is 11.0 Å². The maximum Gasteiger partial charge on any atom is 0.254 e. The van der Waals surface area contributed by atoms with Gasteiger partial charge in [-0.3, -0.25) is 9.78 Å². The highest BCUT2D eigenvalue weighted by Crippen LogP contribution is 2.28. The van der Waals surface area contributed by atoms with Crippen molar-refractivity contribution in [2.75, 3.05) is 7.11 Å². The first-order valence-corrected chi connectivity index (χ1v) is 5.35. The fourth-order valence-corrected chi connectivity index (χ4v) is 1.68. The largest absolute Gasteiger partial charge is 0.482 e. The van der Waals surface area contributed by atoms with E-state index in [0.29, 0.717) is 5.88 Å². The summed E-state index contributed by atoms with van der Waals surface area (Å²) in [6.07, 6.45) is 1.91.